The van der Waals surface area contributed by atoms with Crippen LogP contribution in [0.1, 0.15) is 19.3 Å². The van der Waals surface area contributed by atoms with Gasteiger partial charge in [0, 0.05) is 24.6 Å². The van der Waals surface area contributed by atoms with Crippen LogP contribution in [0.3, 0.4) is 0 Å². The van der Waals surface area contributed by atoms with Crippen molar-refractivity contribution in [2.45, 2.75) is 31.5 Å². The summed E-state index contributed by atoms with van der Waals surface area (Å²) in [6.07, 6.45) is 1.74. The van der Waals surface area contributed by atoms with Gasteiger partial charge in [-0.1, -0.05) is 0 Å². The average molecular weight is 275 g/mol. The highest BCUT2D eigenvalue weighted by molar-refractivity contribution is 7.99. The second kappa shape index (κ2) is 9.18. The summed E-state index contributed by atoms with van der Waals surface area (Å²) in [6.45, 7) is 1.88. The molecule has 0 radical (unpaired) electrons. The van der Waals surface area contributed by atoms with Crippen molar-refractivity contribution in [2.24, 2.45) is 5.73 Å². The van der Waals surface area contributed by atoms with Crippen molar-refractivity contribution in [1.29, 1.82) is 0 Å². The van der Waals surface area contributed by atoms with Crippen LogP contribution < -0.4 is 16.4 Å². The van der Waals surface area contributed by atoms with E-state index in [-0.39, 0.29) is 11.9 Å². The zero-order valence-electron chi connectivity index (χ0n) is 10.4. The third-order valence-corrected chi connectivity index (χ3v) is 3.74. The van der Waals surface area contributed by atoms with Crippen molar-refractivity contribution in [3.8, 4) is 0 Å². The Hall–Kier alpha value is -0.790. The number of carbonyl (C=O) groups is 2. The van der Waals surface area contributed by atoms with Crippen molar-refractivity contribution in [2.75, 3.05) is 24.6 Å². The molecule has 1 saturated heterocycles. The Bertz CT molecular complexity index is 260. The van der Waals surface area contributed by atoms with Gasteiger partial charge in [0.2, 0.25) is 5.91 Å². The van der Waals surface area contributed by atoms with Crippen LogP contribution in [0.25, 0.3) is 0 Å². The molecule has 0 aliphatic carbocycles. The van der Waals surface area contributed by atoms with Gasteiger partial charge < -0.3 is 15.4 Å². The van der Waals surface area contributed by atoms with Gasteiger partial charge in [0.1, 0.15) is 0 Å². The Kier molecular flexibility index (Phi) is 7.79. The smallest absolute Gasteiger partial charge is 0.294 e. The number of carbonyl (C=O) groups excluding carboxylic acids is 2. The Morgan fingerprint density at radius 2 is 2.44 bits per heavy atom. The summed E-state index contributed by atoms with van der Waals surface area (Å²) in [6, 6.07) is -0.0654. The number of unbranched alkanes of at least 4 members (excludes halogenated alkanes) is 1. The van der Waals surface area contributed by atoms with Crippen LogP contribution in [0.15, 0.2) is 0 Å². The van der Waals surface area contributed by atoms with Crippen LogP contribution in [0.5, 0.6) is 0 Å². The monoisotopic (exact) mass is 275 g/mol. The molecule has 2 atom stereocenters. The summed E-state index contributed by atoms with van der Waals surface area (Å²) in [5.41, 5.74) is 5.49. The van der Waals surface area contributed by atoms with E-state index in [2.05, 4.69) is 15.4 Å². The lowest BCUT2D eigenvalue weighted by molar-refractivity contribution is -0.133. The Balaban J connectivity index is 1.99. The van der Waals surface area contributed by atoms with Crippen molar-refractivity contribution < 1.29 is 14.3 Å². The molecule has 0 spiro atoms. The van der Waals surface area contributed by atoms with Gasteiger partial charge in [-0.15, -0.1) is 0 Å². The van der Waals surface area contributed by atoms with E-state index in [1.807, 2.05) is 0 Å². The van der Waals surface area contributed by atoms with Crippen LogP contribution in [0.2, 0.25) is 0 Å². The SMILES string of the molecule is N[C@@H](CCCCNC(=O)C1CSCCN1)OC=O. The van der Waals surface area contributed by atoms with E-state index in [0.717, 1.165) is 30.9 Å². The summed E-state index contributed by atoms with van der Waals surface area (Å²) in [5.74, 6) is 1.97. The zero-order valence-corrected chi connectivity index (χ0v) is 11.2. The number of hydrogen-bond acceptors (Lipinski definition) is 6. The predicted molar refractivity (Wildman–Crippen MR) is 71.1 cm³/mol. The third kappa shape index (κ3) is 6.23. The quantitative estimate of drug-likeness (QED) is 0.312. The van der Waals surface area contributed by atoms with Crippen LogP contribution in [0.4, 0.5) is 0 Å². The van der Waals surface area contributed by atoms with E-state index in [1.54, 1.807) is 11.8 Å². The van der Waals surface area contributed by atoms with Crippen molar-refractivity contribution in [3.63, 3.8) is 0 Å². The number of thioether (sulfide) groups is 1. The molecule has 18 heavy (non-hydrogen) atoms. The van der Waals surface area contributed by atoms with Gasteiger partial charge >= 0.3 is 0 Å². The van der Waals surface area contributed by atoms with Crippen LogP contribution in [0, 0.1) is 0 Å². The van der Waals surface area contributed by atoms with E-state index < -0.39 is 6.23 Å². The van der Waals surface area contributed by atoms with Gasteiger partial charge in [0.15, 0.2) is 6.23 Å². The molecule has 1 unspecified atom stereocenters. The Labute approximate surface area is 111 Å². The fourth-order valence-corrected chi connectivity index (χ4v) is 2.61. The van der Waals surface area contributed by atoms with Crippen molar-refractivity contribution in [1.82, 2.24) is 10.6 Å². The molecule has 6 nitrogen and oxygen atoms in total. The minimum absolute atomic E-state index is 0.0654. The predicted octanol–water partition coefficient (Wildman–Crippen LogP) is -0.564. The van der Waals surface area contributed by atoms with E-state index in [1.165, 1.54) is 0 Å². The van der Waals surface area contributed by atoms with Gasteiger partial charge in [-0.3, -0.25) is 15.3 Å². The summed E-state index contributed by atoms with van der Waals surface area (Å²) < 4.78 is 4.56. The van der Waals surface area contributed by atoms with E-state index >= 15 is 0 Å². The second-order valence-corrected chi connectivity index (χ2v) is 5.29. The molecule has 1 rings (SSSR count). The number of ether oxygens (including phenoxy) is 1. The molecule has 104 valence electrons. The largest absolute Gasteiger partial charge is 0.449 e. The van der Waals surface area contributed by atoms with Gasteiger partial charge in [0.05, 0.1) is 6.04 Å². The summed E-state index contributed by atoms with van der Waals surface area (Å²) >= 11 is 1.79. The molecule has 0 aromatic heterocycles. The van der Waals surface area contributed by atoms with E-state index in [4.69, 9.17) is 5.73 Å². The Morgan fingerprint density at radius 1 is 1.61 bits per heavy atom. The number of amides is 1. The molecule has 0 saturated carbocycles. The number of rotatable bonds is 8. The number of nitrogens with two attached hydrogens (primary N) is 1. The van der Waals surface area contributed by atoms with E-state index in [9.17, 15) is 9.59 Å². The molecule has 1 heterocycles. The first kappa shape index (κ1) is 15.3. The van der Waals surface area contributed by atoms with Crippen LogP contribution in [-0.2, 0) is 14.3 Å². The summed E-state index contributed by atoms with van der Waals surface area (Å²) in [7, 11) is 0. The molecule has 1 aliphatic rings. The first-order valence-electron chi connectivity index (χ1n) is 6.17. The molecule has 0 bridgehead atoms. The second-order valence-electron chi connectivity index (χ2n) is 4.14. The van der Waals surface area contributed by atoms with E-state index in [0.29, 0.717) is 19.4 Å². The van der Waals surface area contributed by atoms with Crippen molar-refractivity contribution >= 4 is 24.1 Å². The normalized spacial score (nSPS) is 21.1. The lowest BCUT2D eigenvalue weighted by Gasteiger charge is -2.22. The van der Waals surface area contributed by atoms with Crippen molar-refractivity contribution in [3.05, 3.63) is 0 Å². The summed E-state index contributed by atoms with van der Waals surface area (Å²) in [5, 5.41) is 6.08. The van der Waals surface area contributed by atoms with Gasteiger partial charge in [-0.25, -0.2) is 0 Å². The molecular weight excluding hydrogens is 254 g/mol. The fraction of sp³-hybridized carbons (Fsp3) is 0.818. The molecule has 4 N–H and O–H groups in total. The molecule has 1 amide bonds. The molecule has 0 aromatic rings. The standard InChI is InChI=1S/C11H21N3O3S/c12-10(17-8-15)3-1-2-4-14-11(16)9-7-18-6-5-13-9/h8-10,13H,1-7,12H2,(H,14,16)/t9?,10-/m1/s1. The topological polar surface area (TPSA) is 93.4 Å². The Morgan fingerprint density at radius 3 is 3.11 bits per heavy atom. The van der Waals surface area contributed by atoms with Gasteiger partial charge in [-0.05, 0) is 19.3 Å². The number of hydrogen-bond donors (Lipinski definition) is 3. The minimum Gasteiger partial charge on any atom is -0.449 e. The fourth-order valence-electron chi connectivity index (χ4n) is 1.68. The first-order chi connectivity index (χ1) is 8.74. The lowest BCUT2D eigenvalue weighted by Crippen LogP contribution is -2.49. The lowest BCUT2D eigenvalue weighted by atomic mass is 10.2. The minimum atomic E-state index is -0.533. The number of nitrogens with one attached hydrogen (secondary N) is 2. The molecule has 7 heteroatoms. The molecule has 1 aliphatic heterocycles. The highest BCUT2D eigenvalue weighted by atomic mass is 32.2. The van der Waals surface area contributed by atoms with Crippen LogP contribution >= 0.6 is 11.8 Å². The maximum Gasteiger partial charge on any atom is 0.294 e. The van der Waals surface area contributed by atoms with Gasteiger partial charge in [-0.2, -0.15) is 11.8 Å². The first-order valence-corrected chi connectivity index (χ1v) is 7.33. The maximum atomic E-state index is 11.7. The molecule has 0 aromatic carbocycles. The zero-order chi connectivity index (χ0) is 13.2. The maximum absolute atomic E-state index is 11.7. The van der Waals surface area contributed by atoms with Gasteiger partial charge in [0.25, 0.3) is 6.47 Å². The highest BCUT2D eigenvalue weighted by Crippen LogP contribution is 2.07. The summed E-state index contributed by atoms with van der Waals surface area (Å²) in [4.78, 5) is 21.7. The highest BCUT2D eigenvalue weighted by Gasteiger charge is 2.19. The third-order valence-electron chi connectivity index (χ3n) is 2.68. The van der Waals surface area contributed by atoms with Crippen LogP contribution in [-0.4, -0.2) is 49.2 Å². The molecular formula is C11H21N3O3S. The average Bonchev–Trinajstić information content (AvgIpc) is 2.39. The molecule has 1 fully saturated rings.